The van der Waals surface area contributed by atoms with Crippen molar-refractivity contribution in [1.82, 2.24) is 15.3 Å². The van der Waals surface area contributed by atoms with E-state index in [0.717, 1.165) is 28.8 Å². The zero-order valence-corrected chi connectivity index (χ0v) is 13.9. The number of rotatable bonds is 6. The largest absolute Gasteiger partial charge is 0.312 e. The summed E-state index contributed by atoms with van der Waals surface area (Å²) >= 11 is 1.77. The van der Waals surface area contributed by atoms with Crippen molar-refractivity contribution in [2.45, 2.75) is 65.1 Å². The average molecular weight is 281 g/mol. The molecule has 1 aromatic heterocycles. The van der Waals surface area contributed by atoms with Crippen LogP contribution in [0.1, 0.15) is 50.6 Å². The molecule has 19 heavy (non-hydrogen) atoms. The lowest BCUT2D eigenvalue weighted by Gasteiger charge is -2.20. The van der Waals surface area contributed by atoms with Crippen LogP contribution in [0.25, 0.3) is 0 Å². The molecule has 4 heteroatoms. The van der Waals surface area contributed by atoms with Gasteiger partial charge in [-0.3, -0.25) is 0 Å². The summed E-state index contributed by atoms with van der Waals surface area (Å²) in [5.74, 6) is 1.09. The predicted molar refractivity (Wildman–Crippen MR) is 84.0 cm³/mol. The van der Waals surface area contributed by atoms with Crippen molar-refractivity contribution in [3.8, 4) is 0 Å². The van der Waals surface area contributed by atoms with E-state index in [2.05, 4.69) is 56.8 Å². The summed E-state index contributed by atoms with van der Waals surface area (Å²) in [6.07, 6.45) is 2.40. The van der Waals surface area contributed by atoms with E-state index in [1.807, 2.05) is 0 Å². The monoisotopic (exact) mass is 281 g/mol. The minimum Gasteiger partial charge on any atom is -0.312 e. The van der Waals surface area contributed by atoms with Gasteiger partial charge in [-0.15, -0.1) is 0 Å². The fourth-order valence-corrected chi connectivity index (χ4v) is 2.59. The van der Waals surface area contributed by atoms with Crippen LogP contribution in [0.15, 0.2) is 5.16 Å². The molecule has 0 saturated heterocycles. The van der Waals surface area contributed by atoms with Crippen LogP contribution in [0.5, 0.6) is 0 Å². The second kappa shape index (κ2) is 7.25. The third-order valence-electron chi connectivity index (χ3n) is 3.07. The van der Waals surface area contributed by atoms with E-state index < -0.39 is 0 Å². The highest BCUT2D eigenvalue weighted by atomic mass is 32.2. The molecule has 1 rings (SSSR count). The number of thioether (sulfide) groups is 1. The van der Waals surface area contributed by atoms with Crippen molar-refractivity contribution in [2.75, 3.05) is 12.3 Å². The molecule has 3 nitrogen and oxygen atoms in total. The van der Waals surface area contributed by atoms with Crippen molar-refractivity contribution < 1.29 is 0 Å². The van der Waals surface area contributed by atoms with Gasteiger partial charge in [0.2, 0.25) is 0 Å². The third-order valence-corrected chi connectivity index (χ3v) is 4.00. The highest BCUT2D eigenvalue weighted by Gasteiger charge is 2.07. The summed E-state index contributed by atoms with van der Waals surface area (Å²) in [5.41, 5.74) is 3.63. The topological polar surface area (TPSA) is 37.8 Å². The van der Waals surface area contributed by atoms with Crippen LogP contribution in [-0.2, 0) is 0 Å². The van der Waals surface area contributed by atoms with Crippen molar-refractivity contribution in [3.05, 3.63) is 17.0 Å². The van der Waals surface area contributed by atoms with Crippen LogP contribution in [0.3, 0.4) is 0 Å². The number of unbranched alkanes of at least 4 members (excludes halogenated alkanes) is 1. The maximum Gasteiger partial charge on any atom is 0.187 e. The Morgan fingerprint density at radius 3 is 2.11 bits per heavy atom. The molecule has 0 fully saturated rings. The van der Waals surface area contributed by atoms with E-state index in [1.165, 1.54) is 18.4 Å². The van der Waals surface area contributed by atoms with Gasteiger partial charge in [-0.2, -0.15) is 0 Å². The Bertz CT molecular complexity index is 387. The maximum atomic E-state index is 4.53. The standard InChI is InChI=1S/C15H27N3S/c1-11-12(2)17-14(18-13(11)3)19-10-8-7-9-16-15(4,5)6/h16H,7-10H2,1-6H3. The SMILES string of the molecule is Cc1nc(SCCCCNC(C)(C)C)nc(C)c1C. The molecule has 0 aliphatic heterocycles. The Kier molecular flexibility index (Phi) is 6.27. The second-order valence-corrected chi connectivity index (χ2v) is 7.10. The normalized spacial score (nSPS) is 11.9. The summed E-state index contributed by atoms with van der Waals surface area (Å²) in [6, 6.07) is 0. The van der Waals surface area contributed by atoms with E-state index in [0.29, 0.717) is 0 Å². The number of aromatic nitrogens is 2. The Morgan fingerprint density at radius 2 is 1.58 bits per heavy atom. The van der Waals surface area contributed by atoms with Gasteiger partial charge in [0.15, 0.2) is 5.16 Å². The molecule has 0 radical (unpaired) electrons. The molecule has 0 aliphatic carbocycles. The van der Waals surface area contributed by atoms with E-state index in [4.69, 9.17) is 0 Å². The van der Waals surface area contributed by atoms with Gasteiger partial charge in [0, 0.05) is 22.7 Å². The van der Waals surface area contributed by atoms with Crippen LogP contribution in [-0.4, -0.2) is 27.8 Å². The highest BCUT2D eigenvalue weighted by molar-refractivity contribution is 7.99. The molecule has 0 unspecified atom stereocenters. The number of hydrogen-bond donors (Lipinski definition) is 1. The molecule has 1 N–H and O–H groups in total. The molecular formula is C15H27N3S. The first-order valence-electron chi connectivity index (χ1n) is 6.99. The molecule has 0 aliphatic rings. The van der Waals surface area contributed by atoms with Crippen LogP contribution in [0.4, 0.5) is 0 Å². The minimum absolute atomic E-state index is 0.224. The van der Waals surface area contributed by atoms with Crippen molar-refractivity contribution in [2.24, 2.45) is 0 Å². The molecule has 0 atom stereocenters. The van der Waals surface area contributed by atoms with Gasteiger partial charge in [-0.25, -0.2) is 9.97 Å². The summed E-state index contributed by atoms with van der Waals surface area (Å²) < 4.78 is 0. The van der Waals surface area contributed by atoms with Crippen LogP contribution in [0, 0.1) is 20.8 Å². The zero-order chi connectivity index (χ0) is 14.5. The van der Waals surface area contributed by atoms with Crippen LogP contribution < -0.4 is 5.32 Å². The van der Waals surface area contributed by atoms with Gasteiger partial charge >= 0.3 is 0 Å². The van der Waals surface area contributed by atoms with Gasteiger partial charge < -0.3 is 5.32 Å². The van der Waals surface area contributed by atoms with Gasteiger partial charge in [0.05, 0.1) is 0 Å². The predicted octanol–water partition coefficient (Wildman–Crippen LogP) is 3.66. The lowest BCUT2D eigenvalue weighted by molar-refractivity contribution is 0.421. The smallest absolute Gasteiger partial charge is 0.187 e. The lowest BCUT2D eigenvalue weighted by Crippen LogP contribution is -2.36. The van der Waals surface area contributed by atoms with Crippen LogP contribution >= 0.6 is 11.8 Å². The fraction of sp³-hybridized carbons (Fsp3) is 0.733. The van der Waals surface area contributed by atoms with E-state index in [1.54, 1.807) is 11.8 Å². The summed E-state index contributed by atoms with van der Waals surface area (Å²) in [5, 5.41) is 4.43. The van der Waals surface area contributed by atoms with Crippen molar-refractivity contribution in [3.63, 3.8) is 0 Å². The average Bonchev–Trinajstić information content (AvgIpc) is 2.29. The zero-order valence-electron chi connectivity index (χ0n) is 13.1. The van der Waals surface area contributed by atoms with Crippen molar-refractivity contribution in [1.29, 1.82) is 0 Å². The Balaban J connectivity index is 2.27. The van der Waals surface area contributed by atoms with Crippen molar-refractivity contribution >= 4 is 11.8 Å². The molecule has 0 aromatic carbocycles. The molecular weight excluding hydrogens is 254 g/mol. The minimum atomic E-state index is 0.224. The Hall–Kier alpha value is -0.610. The van der Waals surface area contributed by atoms with E-state index in [-0.39, 0.29) is 5.54 Å². The second-order valence-electron chi connectivity index (χ2n) is 6.03. The molecule has 1 aromatic rings. The Morgan fingerprint density at radius 1 is 1.00 bits per heavy atom. The fourth-order valence-electron chi connectivity index (χ4n) is 1.66. The molecule has 108 valence electrons. The van der Waals surface area contributed by atoms with Gasteiger partial charge in [0.25, 0.3) is 0 Å². The molecule has 1 heterocycles. The lowest BCUT2D eigenvalue weighted by atomic mass is 10.1. The molecule has 0 amide bonds. The molecule has 0 saturated carbocycles. The summed E-state index contributed by atoms with van der Waals surface area (Å²) in [4.78, 5) is 9.05. The maximum absolute atomic E-state index is 4.53. The Labute approximate surface area is 122 Å². The molecule has 0 bridgehead atoms. The highest BCUT2D eigenvalue weighted by Crippen LogP contribution is 2.18. The van der Waals surface area contributed by atoms with Gasteiger partial charge in [-0.05, 0) is 66.5 Å². The first-order chi connectivity index (χ1) is 8.79. The first kappa shape index (κ1) is 16.4. The first-order valence-corrected chi connectivity index (χ1v) is 7.98. The quantitative estimate of drug-likeness (QED) is 0.490. The number of hydrogen-bond acceptors (Lipinski definition) is 4. The van der Waals surface area contributed by atoms with Crippen LogP contribution in [0.2, 0.25) is 0 Å². The van der Waals surface area contributed by atoms with E-state index >= 15 is 0 Å². The summed E-state index contributed by atoms with van der Waals surface area (Å²) in [7, 11) is 0. The number of aryl methyl sites for hydroxylation is 2. The van der Waals surface area contributed by atoms with E-state index in [9.17, 15) is 0 Å². The third kappa shape index (κ3) is 6.39. The number of nitrogens with one attached hydrogen (secondary N) is 1. The van der Waals surface area contributed by atoms with Gasteiger partial charge in [-0.1, -0.05) is 11.8 Å². The molecule has 0 spiro atoms. The summed E-state index contributed by atoms with van der Waals surface area (Å²) in [6.45, 7) is 13.9. The number of nitrogens with zero attached hydrogens (tertiary/aromatic N) is 2. The van der Waals surface area contributed by atoms with Gasteiger partial charge in [0.1, 0.15) is 0 Å².